The molecule has 4 nitrogen and oxygen atoms in total. The monoisotopic (exact) mass is 309 g/mol. The van der Waals surface area contributed by atoms with Crippen molar-refractivity contribution in [2.24, 2.45) is 0 Å². The van der Waals surface area contributed by atoms with Crippen molar-refractivity contribution >= 4 is 17.3 Å². The van der Waals surface area contributed by atoms with Crippen LogP contribution in [-0.4, -0.2) is 15.8 Å². The molecule has 0 aliphatic rings. The van der Waals surface area contributed by atoms with Crippen molar-refractivity contribution in [3.8, 4) is 0 Å². The van der Waals surface area contributed by atoms with Gasteiger partial charge in [-0.25, -0.2) is 9.07 Å². The predicted molar refractivity (Wildman–Crippen MR) is 82.4 cm³/mol. The van der Waals surface area contributed by atoms with Crippen LogP contribution < -0.4 is 10.9 Å². The molecular formula is C15H17ClFN3O. The molecule has 1 N–H and O–H groups in total. The van der Waals surface area contributed by atoms with E-state index in [0.717, 1.165) is 5.56 Å². The summed E-state index contributed by atoms with van der Waals surface area (Å²) in [5.74, 6) is -0.255. The van der Waals surface area contributed by atoms with Crippen LogP contribution in [0.15, 0.2) is 35.3 Å². The predicted octanol–water partition coefficient (Wildman–Crippen LogP) is 3.10. The van der Waals surface area contributed by atoms with Crippen LogP contribution >= 0.6 is 11.6 Å². The second-order valence-electron chi connectivity index (χ2n) is 4.87. The molecule has 0 bridgehead atoms. The number of aromatic nitrogens is 2. The number of aryl methyl sites for hydroxylation is 1. The third-order valence-electron chi connectivity index (χ3n) is 3.14. The zero-order valence-corrected chi connectivity index (χ0v) is 12.7. The Morgan fingerprint density at radius 3 is 2.67 bits per heavy atom. The Balaban J connectivity index is 2.09. The Labute approximate surface area is 127 Å². The highest BCUT2D eigenvalue weighted by molar-refractivity contribution is 6.32. The first kappa shape index (κ1) is 15.5. The lowest BCUT2D eigenvalue weighted by Crippen LogP contribution is -2.26. The van der Waals surface area contributed by atoms with E-state index in [4.69, 9.17) is 11.6 Å². The van der Waals surface area contributed by atoms with E-state index in [1.807, 2.05) is 13.8 Å². The van der Waals surface area contributed by atoms with Gasteiger partial charge in [-0.15, -0.1) is 0 Å². The van der Waals surface area contributed by atoms with Crippen LogP contribution in [0.2, 0.25) is 5.02 Å². The quantitative estimate of drug-likeness (QED) is 0.923. The van der Waals surface area contributed by atoms with Crippen molar-refractivity contribution in [1.29, 1.82) is 0 Å². The summed E-state index contributed by atoms with van der Waals surface area (Å²) in [6, 6.07) is 6.37. The fourth-order valence-corrected chi connectivity index (χ4v) is 2.28. The van der Waals surface area contributed by atoms with E-state index in [0.29, 0.717) is 18.7 Å². The molecule has 0 aliphatic carbocycles. The first-order chi connectivity index (χ1) is 10.0. The fraction of sp³-hybridized carbons (Fsp3) is 0.333. The van der Waals surface area contributed by atoms with Crippen LogP contribution in [0.25, 0.3) is 0 Å². The van der Waals surface area contributed by atoms with Gasteiger partial charge >= 0.3 is 0 Å². The van der Waals surface area contributed by atoms with Gasteiger partial charge in [0.1, 0.15) is 10.8 Å². The summed E-state index contributed by atoms with van der Waals surface area (Å²) in [6.45, 7) is 4.27. The van der Waals surface area contributed by atoms with Crippen molar-refractivity contribution in [3.63, 3.8) is 0 Å². The number of rotatable bonds is 5. The molecular weight excluding hydrogens is 293 g/mol. The number of anilines is 1. The first-order valence-electron chi connectivity index (χ1n) is 6.78. The number of halogens is 2. The number of hydrogen-bond acceptors (Lipinski definition) is 3. The van der Waals surface area contributed by atoms with Crippen LogP contribution in [0.5, 0.6) is 0 Å². The fourth-order valence-electron chi connectivity index (χ4n) is 2.08. The maximum atomic E-state index is 12.9. The molecule has 0 aliphatic heterocycles. The smallest absolute Gasteiger partial charge is 0.287 e. The summed E-state index contributed by atoms with van der Waals surface area (Å²) in [5, 5.41) is 7.34. The second-order valence-corrected chi connectivity index (χ2v) is 5.25. The van der Waals surface area contributed by atoms with Gasteiger partial charge in [0, 0.05) is 12.6 Å². The van der Waals surface area contributed by atoms with Crippen LogP contribution in [-0.2, 0) is 13.0 Å². The lowest BCUT2D eigenvalue weighted by Gasteiger charge is -2.16. The van der Waals surface area contributed by atoms with E-state index in [1.165, 1.54) is 16.8 Å². The van der Waals surface area contributed by atoms with Gasteiger partial charge in [-0.05, 0) is 38.0 Å². The molecule has 1 unspecified atom stereocenters. The van der Waals surface area contributed by atoms with Gasteiger partial charge in [0.15, 0.2) is 0 Å². The Morgan fingerprint density at radius 1 is 1.38 bits per heavy atom. The first-order valence-corrected chi connectivity index (χ1v) is 7.15. The molecule has 2 rings (SSSR count). The maximum absolute atomic E-state index is 12.9. The van der Waals surface area contributed by atoms with E-state index < -0.39 is 0 Å². The second kappa shape index (κ2) is 6.72. The Hall–Kier alpha value is -1.88. The minimum absolute atomic E-state index is 0.0339. The zero-order valence-electron chi connectivity index (χ0n) is 11.9. The van der Waals surface area contributed by atoms with Gasteiger partial charge in [-0.3, -0.25) is 4.79 Å². The number of benzene rings is 1. The molecule has 1 aromatic carbocycles. The molecule has 6 heteroatoms. The van der Waals surface area contributed by atoms with Gasteiger partial charge in [0.25, 0.3) is 5.56 Å². The maximum Gasteiger partial charge on any atom is 0.287 e. The molecule has 0 amide bonds. The standard InChI is InChI=1S/C15H17ClFN3O/c1-3-20-15(21)14(16)13(9-18-20)19-10(2)8-11-4-6-12(17)7-5-11/h4-7,9-10,19H,3,8H2,1-2H3. The number of hydrogen-bond donors (Lipinski definition) is 1. The zero-order chi connectivity index (χ0) is 15.4. The molecule has 1 aromatic heterocycles. The van der Waals surface area contributed by atoms with Gasteiger partial charge in [-0.1, -0.05) is 23.7 Å². The number of nitrogens with one attached hydrogen (secondary N) is 1. The van der Waals surface area contributed by atoms with E-state index in [1.54, 1.807) is 18.3 Å². The molecule has 112 valence electrons. The minimum atomic E-state index is -0.307. The van der Waals surface area contributed by atoms with Crippen LogP contribution in [0, 0.1) is 5.82 Å². The topological polar surface area (TPSA) is 46.9 Å². The molecule has 0 fully saturated rings. The summed E-state index contributed by atoms with van der Waals surface area (Å²) >= 11 is 6.06. The number of nitrogens with zero attached hydrogens (tertiary/aromatic N) is 2. The molecule has 0 saturated carbocycles. The Kier molecular flexibility index (Phi) is 4.96. The summed E-state index contributed by atoms with van der Waals surface area (Å²) in [6.07, 6.45) is 2.24. The van der Waals surface area contributed by atoms with Crippen molar-refractivity contribution in [2.45, 2.75) is 32.9 Å². The van der Waals surface area contributed by atoms with Crippen molar-refractivity contribution in [3.05, 3.63) is 57.2 Å². The van der Waals surface area contributed by atoms with Gasteiger partial charge in [0.2, 0.25) is 0 Å². The SMILES string of the molecule is CCn1ncc(NC(C)Cc2ccc(F)cc2)c(Cl)c1=O. The van der Waals surface area contributed by atoms with Crippen molar-refractivity contribution in [2.75, 3.05) is 5.32 Å². The lowest BCUT2D eigenvalue weighted by molar-refractivity contribution is 0.615. The average Bonchev–Trinajstić information content (AvgIpc) is 2.47. The summed E-state index contributed by atoms with van der Waals surface area (Å²) in [4.78, 5) is 11.9. The minimum Gasteiger partial charge on any atom is -0.380 e. The summed E-state index contributed by atoms with van der Waals surface area (Å²) in [7, 11) is 0. The lowest BCUT2D eigenvalue weighted by atomic mass is 10.1. The van der Waals surface area contributed by atoms with Gasteiger partial charge in [-0.2, -0.15) is 5.10 Å². The van der Waals surface area contributed by atoms with Crippen LogP contribution in [0.4, 0.5) is 10.1 Å². The molecule has 1 heterocycles. The third-order valence-corrected chi connectivity index (χ3v) is 3.51. The molecule has 21 heavy (non-hydrogen) atoms. The molecule has 2 aromatic rings. The van der Waals surface area contributed by atoms with Crippen molar-refractivity contribution < 1.29 is 4.39 Å². The highest BCUT2D eigenvalue weighted by atomic mass is 35.5. The normalized spacial score (nSPS) is 12.2. The van der Waals surface area contributed by atoms with Crippen molar-refractivity contribution in [1.82, 2.24) is 9.78 Å². The molecule has 1 atom stereocenters. The van der Waals surface area contributed by atoms with E-state index in [-0.39, 0.29) is 22.4 Å². The molecule has 0 saturated heterocycles. The van der Waals surface area contributed by atoms with Gasteiger partial charge in [0.05, 0.1) is 11.9 Å². The Morgan fingerprint density at radius 2 is 2.05 bits per heavy atom. The van der Waals surface area contributed by atoms with Crippen LogP contribution in [0.1, 0.15) is 19.4 Å². The van der Waals surface area contributed by atoms with Gasteiger partial charge < -0.3 is 5.32 Å². The molecule has 0 radical (unpaired) electrons. The average molecular weight is 310 g/mol. The van der Waals surface area contributed by atoms with E-state index in [2.05, 4.69) is 10.4 Å². The van der Waals surface area contributed by atoms with Crippen LogP contribution in [0.3, 0.4) is 0 Å². The highest BCUT2D eigenvalue weighted by Gasteiger charge is 2.11. The Bertz CT molecular complexity index is 670. The highest BCUT2D eigenvalue weighted by Crippen LogP contribution is 2.17. The third kappa shape index (κ3) is 3.82. The summed E-state index contributed by atoms with van der Waals surface area (Å²) in [5.41, 5.74) is 1.21. The molecule has 0 spiro atoms. The largest absolute Gasteiger partial charge is 0.380 e. The van der Waals surface area contributed by atoms with E-state index >= 15 is 0 Å². The van der Waals surface area contributed by atoms with E-state index in [9.17, 15) is 9.18 Å². The summed E-state index contributed by atoms with van der Waals surface area (Å²) < 4.78 is 14.2.